The highest BCUT2D eigenvalue weighted by Crippen LogP contribution is 1.94. The Hall–Kier alpha value is -0.850. The Labute approximate surface area is 75.9 Å². The van der Waals surface area contributed by atoms with E-state index in [1.165, 1.54) is 5.57 Å². The molecule has 0 aromatic rings. The second-order valence-electron chi connectivity index (χ2n) is 2.95. The normalized spacial score (nSPS) is 16.2. The van der Waals surface area contributed by atoms with Crippen molar-refractivity contribution in [3.05, 3.63) is 23.8 Å². The Morgan fingerprint density at radius 2 is 2.17 bits per heavy atom. The molecule has 0 radical (unpaired) electrons. The van der Waals surface area contributed by atoms with E-state index in [1.807, 2.05) is 19.2 Å². The molecule has 1 atom stereocenters. The summed E-state index contributed by atoms with van der Waals surface area (Å²) in [4.78, 5) is 4.31. The van der Waals surface area contributed by atoms with Crippen molar-refractivity contribution in [1.82, 2.24) is 0 Å². The molecule has 0 aromatic carbocycles. The summed E-state index contributed by atoms with van der Waals surface area (Å²) in [5, 5.41) is 0. The maximum absolute atomic E-state index is 4.31. The second-order valence-corrected chi connectivity index (χ2v) is 2.95. The molecule has 0 saturated heterocycles. The molecule has 68 valence electrons. The topological polar surface area (TPSA) is 12.4 Å². The third kappa shape index (κ3) is 5.90. The first-order chi connectivity index (χ1) is 5.70. The quantitative estimate of drug-likeness (QED) is 0.447. The molecular weight excluding hydrogens is 146 g/mol. The lowest BCUT2D eigenvalue weighted by Gasteiger charge is -1.96. The zero-order chi connectivity index (χ0) is 9.40. The third-order valence-corrected chi connectivity index (χ3v) is 1.83. The van der Waals surface area contributed by atoms with Gasteiger partial charge in [-0.3, -0.25) is 4.99 Å². The molecule has 0 aromatic heterocycles. The van der Waals surface area contributed by atoms with Crippen LogP contribution in [-0.4, -0.2) is 12.3 Å². The lowest BCUT2D eigenvalue weighted by Crippen LogP contribution is -1.93. The molecule has 1 nitrogen and oxygen atoms in total. The number of hydrogen-bond donors (Lipinski definition) is 0. The first kappa shape index (κ1) is 11.2. The van der Waals surface area contributed by atoms with E-state index in [0.29, 0.717) is 6.04 Å². The highest BCUT2D eigenvalue weighted by atomic mass is 14.7. The van der Waals surface area contributed by atoms with E-state index in [1.54, 1.807) is 0 Å². The van der Waals surface area contributed by atoms with Crippen LogP contribution in [0.5, 0.6) is 0 Å². The predicted molar refractivity (Wildman–Crippen MR) is 56.8 cm³/mol. The monoisotopic (exact) mass is 165 g/mol. The minimum atomic E-state index is 0.445. The molecule has 0 amide bonds. The first-order valence-corrected chi connectivity index (χ1v) is 4.53. The van der Waals surface area contributed by atoms with Crippen LogP contribution in [-0.2, 0) is 0 Å². The van der Waals surface area contributed by atoms with Crippen molar-refractivity contribution in [2.45, 2.75) is 40.2 Å². The fraction of sp³-hybridized carbons (Fsp3) is 0.545. The van der Waals surface area contributed by atoms with E-state index >= 15 is 0 Å². The molecule has 1 heteroatoms. The summed E-state index contributed by atoms with van der Waals surface area (Å²) in [6, 6.07) is 0.445. The number of aliphatic imine (C=N–C) groups is 1. The fourth-order valence-corrected chi connectivity index (χ4v) is 0.593. The Morgan fingerprint density at radius 3 is 2.67 bits per heavy atom. The number of allylic oxidation sites excluding steroid dienone is 4. The molecule has 0 fully saturated rings. The van der Waals surface area contributed by atoms with Gasteiger partial charge in [0.1, 0.15) is 0 Å². The zero-order valence-corrected chi connectivity index (χ0v) is 8.54. The van der Waals surface area contributed by atoms with Crippen molar-refractivity contribution in [2.24, 2.45) is 4.99 Å². The van der Waals surface area contributed by atoms with Crippen molar-refractivity contribution in [1.29, 1.82) is 0 Å². The molecule has 0 aliphatic heterocycles. The van der Waals surface area contributed by atoms with Gasteiger partial charge in [-0.2, -0.15) is 0 Å². The van der Waals surface area contributed by atoms with Crippen molar-refractivity contribution in [3.8, 4) is 0 Å². The van der Waals surface area contributed by atoms with Crippen LogP contribution in [0.4, 0.5) is 0 Å². The molecule has 1 unspecified atom stereocenters. The van der Waals surface area contributed by atoms with Gasteiger partial charge in [0.05, 0.1) is 0 Å². The minimum Gasteiger partial charge on any atom is -0.290 e. The highest BCUT2D eigenvalue weighted by molar-refractivity contribution is 5.71. The standard InChI is InChI=1S/C11H19N/c1-5-10(3)8-7-9-12-11(4)6-2/h5,7-9,11H,6H2,1-4H3/b8-7-,10-5+,12-9-. The Morgan fingerprint density at radius 1 is 1.50 bits per heavy atom. The lowest BCUT2D eigenvalue weighted by molar-refractivity contribution is 0.721. The molecule has 0 spiro atoms. The largest absolute Gasteiger partial charge is 0.290 e. The summed E-state index contributed by atoms with van der Waals surface area (Å²) in [6.45, 7) is 8.37. The van der Waals surface area contributed by atoms with Crippen LogP contribution in [0.1, 0.15) is 34.1 Å². The van der Waals surface area contributed by atoms with Gasteiger partial charge in [0, 0.05) is 12.3 Å². The molecule has 0 aliphatic rings. The zero-order valence-electron chi connectivity index (χ0n) is 8.54. The van der Waals surface area contributed by atoms with Crippen molar-refractivity contribution in [3.63, 3.8) is 0 Å². The van der Waals surface area contributed by atoms with E-state index < -0.39 is 0 Å². The molecular formula is C11H19N. The van der Waals surface area contributed by atoms with Gasteiger partial charge >= 0.3 is 0 Å². The minimum absolute atomic E-state index is 0.445. The maximum atomic E-state index is 4.31. The summed E-state index contributed by atoms with van der Waals surface area (Å²) < 4.78 is 0. The summed E-state index contributed by atoms with van der Waals surface area (Å²) in [7, 11) is 0. The lowest BCUT2D eigenvalue weighted by atomic mass is 10.2. The molecule has 0 aliphatic carbocycles. The molecule has 12 heavy (non-hydrogen) atoms. The van der Waals surface area contributed by atoms with Crippen LogP contribution < -0.4 is 0 Å². The van der Waals surface area contributed by atoms with Crippen LogP contribution in [0.15, 0.2) is 28.8 Å². The molecule has 0 saturated carbocycles. The predicted octanol–water partition coefficient (Wildman–Crippen LogP) is 3.38. The molecule has 0 bridgehead atoms. The van der Waals surface area contributed by atoms with E-state index in [2.05, 4.69) is 37.9 Å². The van der Waals surface area contributed by atoms with Gasteiger partial charge in [0.25, 0.3) is 0 Å². The van der Waals surface area contributed by atoms with Gasteiger partial charge in [0.15, 0.2) is 0 Å². The Bertz CT molecular complexity index is 187. The SMILES string of the molecule is C/C=C(C)/C=C\C=N/C(C)CC. The third-order valence-electron chi connectivity index (χ3n) is 1.83. The van der Waals surface area contributed by atoms with Gasteiger partial charge in [-0.05, 0) is 33.3 Å². The smallest absolute Gasteiger partial charge is 0.0468 e. The molecule has 0 heterocycles. The Balaban J connectivity index is 3.81. The van der Waals surface area contributed by atoms with Crippen LogP contribution in [0, 0.1) is 0 Å². The molecule has 0 rings (SSSR count). The average molecular weight is 165 g/mol. The number of hydrogen-bond acceptors (Lipinski definition) is 1. The molecule has 0 N–H and O–H groups in total. The summed E-state index contributed by atoms with van der Waals surface area (Å²) >= 11 is 0. The van der Waals surface area contributed by atoms with Crippen molar-refractivity contribution >= 4 is 6.21 Å². The first-order valence-electron chi connectivity index (χ1n) is 4.53. The van der Waals surface area contributed by atoms with Gasteiger partial charge in [-0.25, -0.2) is 0 Å². The maximum Gasteiger partial charge on any atom is 0.0468 e. The van der Waals surface area contributed by atoms with Crippen LogP contribution >= 0.6 is 0 Å². The van der Waals surface area contributed by atoms with Gasteiger partial charge < -0.3 is 0 Å². The number of rotatable bonds is 4. The van der Waals surface area contributed by atoms with Crippen molar-refractivity contribution in [2.75, 3.05) is 0 Å². The van der Waals surface area contributed by atoms with Crippen LogP contribution in [0.25, 0.3) is 0 Å². The summed E-state index contributed by atoms with van der Waals surface area (Å²) in [5.41, 5.74) is 1.27. The summed E-state index contributed by atoms with van der Waals surface area (Å²) in [6.07, 6.45) is 9.11. The Kier molecular flexibility index (Phi) is 6.35. The van der Waals surface area contributed by atoms with Gasteiger partial charge in [-0.15, -0.1) is 0 Å². The second kappa shape index (κ2) is 6.84. The average Bonchev–Trinajstić information content (AvgIpc) is 2.11. The van der Waals surface area contributed by atoms with Crippen LogP contribution in [0.2, 0.25) is 0 Å². The van der Waals surface area contributed by atoms with Gasteiger partial charge in [-0.1, -0.05) is 24.6 Å². The summed E-state index contributed by atoms with van der Waals surface area (Å²) in [5.74, 6) is 0. The van der Waals surface area contributed by atoms with Crippen LogP contribution in [0.3, 0.4) is 0 Å². The fourth-order valence-electron chi connectivity index (χ4n) is 0.593. The van der Waals surface area contributed by atoms with E-state index in [9.17, 15) is 0 Å². The highest BCUT2D eigenvalue weighted by Gasteiger charge is 1.88. The van der Waals surface area contributed by atoms with Gasteiger partial charge in [0.2, 0.25) is 0 Å². The number of nitrogens with zero attached hydrogens (tertiary/aromatic N) is 1. The van der Waals surface area contributed by atoms with Crippen molar-refractivity contribution < 1.29 is 0 Å². The van der Waals surface area contributed by atoms with E-state index in [0.717, 1.165) is 6.42 Å². The van der Waals surface area contributed by atoms with E-state index in [-0.39, 0.29) is 0 Å². The van der Waals surface area contributed by atoms with E-state index in [4.69, 9.17) is 0 Å².